The van der Waals surface area contributed by atoms with Crippen molar-refractivity contribution in [3.8, 4) is 0 Å². The van der Waals surface area contributed by atoms with Gasteiger partial charge in [-0.1, -0.05) is 18.2 Å². The molecule has 0 saturated heterocycles. The maximum absolute atomic E-state index is 11.5. The normalized spacial score (nSPS) is 9.83. The fourth-order valence-corrected chi connectivity index (χ4v) is 1.48. The number of hydrogen-bond acceptors (Lipinski definition) is 4. The summed E-state index contributed by atoms with van der Waals surface area (Å²) in [6.45, 7) is 1.53. The van der Waals surface area contributed by atoms with Gasteiger partial charge in [-0.3, -0.25) is 0 Å². The monoisotopic (exact) mass is 251 g/mol. The van der Waals surface area contributed by atoms with Gasteiger partial charge < -0.3 is 21.1 Å². The quantitative estimate of drug-likeness (QED) is 0.498. The molecule has 0 aliphatic rings. The molecule has 1 aromatic carbocycles. The number of esters is 1. The van der Waals surface area contributed by atoms with Crippen LogP contribution in [0.2, 0.25) is 0 Å². The van der Waals surface area contributed by atoms with E-state index in [1.807, 2.05) is 12.1 Å². The van der Waals surface area contributed by atoms with E-state index in [-0.39, 0.29) is 5.97 Å². The summed E-state index contributed by atoms with van der Waals surface area (Å²) >= 11 is 0. The van der Waals surface area contributed by atoms with Crippen LogP contribution in [0.1, 0.15) is 15.9 Å². The number of benzene rings is 1. The second-order valence-electron chi connectivity index (χ2n) is 3.62. The van der Waals surface area contributed by atoms with Crippen molar-refractivity contribution in [1.82, 2.24) is 10.6 Å². The van der Waals surface area contributed by atoms with Gasteiger partial charge in [0.2, 0.25) is 0 Å². The van der Waals surface area contributed by atoms with E-state index >= 15 is 0 Å². The molecule has 0 fully saturated rings. The molecule has 0 bridgehead atoms. The first-order chi connectivity index (χ1) is 8.65. The number of nitrogens with two attached hydrogens (primary N) is 1. The summed E-state index contributed by atoms with van der Waals surface area (Å²) in [5.41, 5.74) is 6.32. The molecule has 0 heterocycles. The zero-order valence-electron chi connectivity index (χ0n) is 10.2. The number of amides is 2. The summed E-state index contributed by atoms with van der Waals surface area (Å²) in [5.74, 6) is -0.359. The molecular weight excluding hydrogens is 234 g/mol. The van der Waals surface area contributed by atoms with Gasteiger partial charge in [-0.25, -0.2) is 9.59 Å². The molecule has 0 radical (unpaired) electrons. The second kappa shape index (κ2) is 7.29. The van der Waals surface area contributed by atoms with Crippen molar-refractivity contribution in [2.45, 2.75) is 6.54 Å². The van der Waals surface area contributed by atoms with Gasteiger partial charge >= 0.3 is 12.0 Å². The van der Waals surface area contributed by atoms with Crippen LogP contribution in [0.15, 0.2) is 24.3 Å². The SMILES string of the molecule is COC(=O)c1ccccc1CNCCNC(N)=O. The van der Waals surface area contributed by atoms with Gasteiger partial charge in [-0.2, -0.15) is 0 Å². The second-order valence-corrected chi connectivity index (χ2v) is 3.62. The van der Waals surface area contributed by atoms with E-state index in [1.54, 1.807) is 12.1 Å². The Kier molecular flexibility index (Phi) is 5.66. The molecule has 1 rings (SSSR count). The van der Waals surface area contributed by atoms with Crippen LogP contribution >= 0.6 is 0 Å². The predicted octanol–water partition coefficient (Wildman–Crippen LogP) is 0.231. The molecule has 6 nitrogen and oxygen atoms in total. The van der Waals surface area contributed by atoms with E-state index in [9.17, 15) is 9.59 Å². The summed E-state index contributed by atoms with van der Waals surface area (Å²) in [4.78, 5) is 21.9. The van der Waals surface area contributed by atoms with Crippen LogP contribution in [0, 0.1) is 0 Å². The Balaban J connectivity index is 2.46. The Morgan fingerprint density at radius 3 is 2.67 bits per heavy atom. The van der Waals surface area contributed by atoms with Gasteiger partial charge in [-0.15, -0.1) is 0 Å². The number of urea groups is 1. The third-order valence-corrected chi connectivity index (χ3v) is 2.34. The van der Waals surface area contributed by atoms with Gasteiger partial charge in [0.25, 0.3) is 0 Å². The Morgan fingerprint density at radius 1 is 1.28 bits per heavy atom. The fourth-order valence-electron chi connectivity index (χ4n) is 1.48. The molecular formula is C12H17N3O3. The third kappa shape index (κ3) is 4.42. The minimum Gasteiger partial charge on any atom is -0.465 e. The van der Waals surface area contributed by atoms with Crippen LogP contribution in [0.4, 0.5) is 4.79 Å². The molecule has 0 unspecified atom stereocenters. The lowest BCUT2D eigenvalue weighted by molar-refractivity contribution is 0.0599. The van der Waals surface area contributed by atoms with Crippen molar-refractivity contribution < 1.29 is 14.3 Å². The lowest BCUT2D eigenvalue weighted by atomic mass is 10.1. The number of carbonyl (C=O) groups is 2. The molecule has 0 atom stereocenters. The van der Waals surface area contributed by atoms with Crippen LogP contribution in [-0.2, 0) is 11.3 Å². The first-order valence-corrected chi connectivity index (χ1v) is 5.55. The predicted molar refractivity (Wildman–Crippen MR) is 67.1 cm³/mol. The molecule has 1 aromatic rings. The summed E-state index contributed by atoms with van der Waals surface area (Å²) in [7, 11) is 1.35. The third-order valence-electron chi connectivity index (χ3n) is 2.34. The minimum absolute atomic E-state index is 0.359. The lowest BCUT2D eigenvalue weighted by Crippen LogP contribution is -2.35. The van der Waals surface area contributed by atoms with Gasteiger partial charge in [0.1, 0.15) is 0 Å². The topological polar surface area (TPSA) is 93.4 Å². The highest BCUT2D eigenvalue weighted by Gasteiger charge is 2.09. The van der Waals surface area contributed by atoms with Crippen molar-refractivity contribution >= 4 is 12.0 Å². The van der Waals surface area contributed by atoms with Gasteiger partial charge in [-0.05, 0) is 11.6 Å². The molecule has 0 aliphatic heterocycles. The summed E-state index contributed by atoms with van der Waals surface area (Å²) in [5, 5.41) is 5.56. The number of primary amides is 1. The summed E-state index contributed by atoms with van der Waals surface area (Å²) < 4.78 is 4.70. The first-order valence-electron chi connectivity index (χ1n) is 5.55. The first kappa shape index (κ1) is 14.0. The van der Waals surface area contributed by atoms with Crippen LogP contribution in [0.25, 0.3) is 0 Å². The van der Waals surface area contributed by atoms with Crippen LogP contribution in [0.3, 0.4) is 0 Å². The lowest BCUT2D eigenvalue weighted by Gasteiger charge is -2.09. The van der Waals surface area contributed by atoms with Crippen LogP contribution < -0.4 is 16.4 Å². The zero-order chi connectivity index (χ0) is 13.4. The number of ether oxygens (including phenoxy) is 1. The maximum atomic E-state index is 11.5. The molecule has 0 aromatic heterocycles. The van der Waals surface area contributed by atoms with Gasteiger partial charge in [0, 0.05) is 19.6 Å². The molecule has 0 saturated carbocycles. The number of hydrogen-bond donors (Lipinski definition) is 3. The highest BCUT2D eigenvalue weighted by Crippen LogP contribution is 2.09. The molecule has 6 heteroatoms. The average molecular weight is 251 g/mol. The summed E-state index contributed by atoms with van der Waals surface area (Å²) in [6, 6.07) is 6.65. The van der Waals surface area contributed by atoms with Crippen molar-refractivity contribution in [1.29, 1.82) is 0 Å². The van der Waals surface area contributed by atoms with E-state index in [0.29, 0.717) is 25.2 Å². The standard InChI is InChI=1S/C12H17N3O3/c1-18-11(16)10-5-3-2-4-9(10)8-14-6-7-15-12(13)17/h2-5,14H,6-8H2,1H3,(H3,13,15,17). The Labute approximate surface area is 105 Å². The number of rotatable bonds is 6. The molecule has 0 aliphatic carbocycles. The Hall–Kier alpha value is -2.08. The molecule has 4 N–H and O–H groups in total. The molecule has 2 amide bonds. The number of methoxy groups -OCH3 is 1. The van der Waals surface area contributed by atoms with Gasteiger partial charge in [0.15, 0.2) is 0 Å². The zero-order valence-corrected chi connectivity index (χ0v) is 10.2. The summed E-state index contributed by atoms with van der Waals surface area (Å²) in [6.07, 6.45) is 0. The van der Waals surface area contributed by atoms with Crippen molar-refractivity contribution in [2.24, 2.45) is 5.73 Å². The fraction of sp³-hybridized carbons (Fsp3) is 0.333. The number of nitrogens with one attached hydrogen (secondary N) is 2. The van der Waals surface area contributed by atoms with Crippen LogP contribution in [0.5, 0.6) is 0 Å². The Bertz CT molecular complexity index is 421. The highest BCUT2D eigenvalue weighted by molar-refractivity contribution is 5.90. The highest BCUT2D eigenvalue weighted by atomic mass is 16.5. The Morgan fingerprint density at radius 2 is 2.00 bits per heavy atom. The molecule has 18 heavy (non-hydrogen) atoms. The average Bonchev–Trinajstić information content (AvgIpc) is 2.37. The van der Waals surface area contributed by atoms with Crippen molar-refractivity contribution in [2.75, 3.05) is 20.2 Å². The van der Waals surface area contributed by atoms with Crippen LogP contribution in [-0.4, -0.2) is 32.2 Å². The minimum atomic E-state index is -0.549. The van der Waals surface area contributed by atoms with E-state index < -0.39 is 6.03 Å². The van der Waals surface area contributed by atoms with Gasteiger partial charge in [0.05, 0.1) is 12.7 Å². The van der Waals surface area contributed by atoms with E-state index in [1.165, 1.54) is 7.11 Å². The number of carbonyl (C=O) groups excluding carboxylic acids is 2. The van der Waals surface area contributed by atoms with E-state index in [0.717, 1.165) is 5.56 Å². The smallest absolute Gasteiger partial charge is 0.338 e. The van der Waals surface area contributed by atoms with Crippen molar-refractivity contribution in [3.05, 3.63) is 35.4 Å². The molecule has 98 valence electrons. The maximum Gasteiger partial charge on any atom is 0.338 e. The van der Waals surface area contributed by atoms with E-state index in [2.05, 4.69) is 10.6 Å². The van der Waals surface area contributed by atoms with Crippen molar-refractivity contribution in [3.63, 3.8) is 0 Å². The molecule has 0 spiro atoms. The van der Waals surface area contributed by atoms with E-state index in [4.69, 9.17) is 10.5 Å². The largest absolute Gasteiger partial charge is 0.465 e.